The molecular weight excluding hydrogens is 242 g/mol. The number of aryl methyl sites for hydroxylation is 1. The van der Waals surface area contributed by atoms with Gasteiger partial charge in [0.25, 0.3) is 0 Å². The van der Waals surface area contributed by atoms with Gasteiger partial charge in [-0.15, -0.1) is 0 Å². The topological polar surface area (TPSA) is 78.9 Å². The summed E-state index contributed by atoms with van der Waals surface area (Å²) >= 11 is 0. The molecule has 2 heterocycles. The molecule has 19 heavy (non-hydrogen) atoms. The fraction of sp³-hybridized carbons (Fsp3) is 0.462. The zero-order valence-corrected chi connectivity index (χ0v) is 11.1. The number of hydrogen-bond acceptors (Lipinski definition) is 5. The number of ether oxygens (including phenoxy) is 1. The van der Waals surface area contributed by atoms with Crippen LogP contribution in [0.1, 0.15) is 24.8 Å². The molecule has 0 saturated heterocycles. The first kappa shape index (κ1) is 12.1. The van der Waals surface area contributed by atoms with E-state index in [1.807, 2.05) is 13.2 Å². The Morgan fingerprint density at radius 2 is 2.21 bits per heavy atom. The molecular formula is C13H17N5O. The van der Waals surface area contributed by atoms with Crippen molar-refractivity contribution in [1.82, 2.24) is 19.7 Å². The maximum Gasteiger partial charge on any atom is 0.160 e. The van der Waals surface area contributed by atoms with Crippen LogP contribution in [0.3, 0.4) is 0 Å². The van der Waals surface area contributed by atoms with Gasteiger partial charge in [-0.3, -0.25) is 4.68 Å². The molecule has 2 aromatic rings. The number of rotatable bonds is 4. The van der Waals surface area contributed by atoms with Crippen LogP contribution in [0.15, 0.2) is 18.5 Å². The molecule has 1 atom stereocenters. The molecule has 1 unspecified atom stereocenters. The van der Waals surface area contributed by atoms with Crippen molar-refractivity contribution in [3.05, 3.63) is 24.3 Å². The van der Waals surface area contributed by atoms with Crippen molar-refractivity contribution in [2.45, 2.75) is 18.9 Å². The fourth-order valence-electron chi connectivity index (χ4n) is 2.22. The molecule has 0 amide bonds. The monoisotopic (exact) mass is 259 g/mol. The lowest BCUT2D eigenvalue weighted by Crippen LogP contribution is -2.10. The summed E-state index contributed by atoms with van der Waals surface area (Å²) in [5, 5.41) is 4.15. The molecule has 1 saturated carbocycles. The van der Waals surface area contributed by atoms with Gasteiger partial charge in [0.15, 0.2) is 5.82 Å². The highest BCUT2D eigenvalue weighted by Crippen LogP contribution is 2.42. The molecule has 2 aromatic heterocycles. The molecule has 1 aliphatic carbocycles. The zero-order chi connectivity index (χ0) is 13.4. The lowest BCUT2D eigenvalue weighted by molar-refractivity contribution is 0.0774. The summed E-state index contributed by atoms with van der Waals surface area (Å²) < 4.78 is 7.25. The van der Waals surface area contributed by atoms with Crippen molar-refractivity contribution in [1.29, 1.82) is 0 Å². The number of methoxy groups -OCH3 is 1. The van der Waals surface area contributed by atoms with Gasteiger partial charge in [0.2, 0.25) is 0 Å². The molecule has 0 bridgehead atoms. The number of nitrogens with two attached hydrogens (primary N) is 1. The molecule has 0 aliphatic heterocycles. The summed E-state index contributed by atoms with van der Waals surface area (Å²) in [6.45, 7) is 0. The minimum Gasteiger partial charge on any atom is -0.384 e. The van der Waals surface area contributed by atoms with Gasteiger partial charge >= 0.3 is 0 Å². The minimum atomic E-state index is -0.0566. The van der Waals surface area contributed by atoms with Crippen molar-refractivity contribution in [3.8, 4) is 11.3 Å². The van der Waals surface area contributed by atoms with E-state index in [1.54, 1.807) is 24.1 Å². The van der Waals surface area contributed by atoms with Crippen LogP contribution in [0.5, 0.6) is 0 Å². The molecule has 0 spiro atoms. The van der Waals surface area contributed by atoms with Crippen LogP contribution in [0.4, 0.5) is 5.82 Å². The van der Waals surface area contributed by atoms with Crippen molar-refractivity contribution < 1.29 is 4.74 Å². The first-order chi connectivity index (χ1) is 9.17. The summed E-state index contributed by atoms with van der Waals surface area (Å²) in [6.07, 6.45) is 5.95. The first-order valence-electron chi connectivity index (χ1n) is 6.33. The highest BCUT2D eigenvalue weighted by Gasteiger charge is 2.34. The molecule has 3 rings (SSSR count). The molecule has 6 heteroatoms. The van der Waals surface area contributed by atoms with Crippen molar-refractivity contribution >= 4 is 5.82 Å². The van der Waals surface area contributed by atoms with E-state index in [9.17, 15) is 0 Å². The Morgan fingerprint density at radius 1 is 1.42 bits per heavy atom. The molecule has 0 aromatic carbocycles. The van der Waals surface area contributed by atoms with Gasteiger partial charge in [-0.2, -0.15) is 5.10 Å². The average Bonchev–Trinajstić information content (AvgIpc) is 3.11. The molecule has 6 nitrogen and oxygen atoms in total. The second-order valence-electron chi connectivity index (χ2n) is 4.93. The third-order valence-electron chi connectivity index (χ3n) is 3.32. The summed E-state index contributed by atoms with van der Waals surface area (Å²) in [7, 11) is 3.57. The smallest absolute Gasteiger partial charge is 0.160 e. The van der Waals surface area contributed by atoms with Gasteiger partial charge in [-0.1, -0.05) is 0 Å². The Bertz CT molecular complexity index is 590. The third-order valence-corrected chi connectivity index (χ3v) is 3.32. The Hall–Kier alpha value is -1.95. The number of nitrogen functional groups attached to an aromatic ring is 1. The van der Waals surface area contributed by atoms with Crippen LogP contribution < -0.4 is 5.73 Å². The average molecular weight is 259 g/mol. The Kier molecular flexibility index (Phi) is 2.94. The summed E-state index contributed by atoms with van der Waals surface area (Å²) in [6, 6.07) is 1.76. The van der Waals surface area contributed by atoms with E-state index in [4.69, 9.17) is 10.5 Å². The third kappa shape index (κ3) is 2.44. The molecule has 100 valence electrons. The quantitative estimate of drug-likeness (QED) is 0.901. The van der Waals surface area contributed by atoms with Crippen LogP contribution >= 0.6 is 0 Å². The van der Waals surface area contributed by atoms with E-state index < -0.39 is 0 Å². The number of nitrogens with zero attached hydrogens (tertiary/aromatic N) is 4. The highest BCUT2D eigenvalue weighted by molar-refractivity contribution is 5.60. The van der Waals surface area contributed by atoms with Crippen LogP contribution in [-0.2, 0) is 11.8 Å². The fourth-order valence-corrected chi connectivity index (χ4v) is 2.22. The van der Waals surface area contributed by atoms with Gasteiger partial charge in [-0.25, -0.2) is 9.97 Å². The van der Waals surface area contributed by atoms with Crippen molar-refractivity contribution in [2.24, 2.45) is 13.0 Å². The van der Waals surface area contributed by atoms with Crippen LogP contribution in [0.25, 0.3) is 11.3 Å². The first-order valence-corrected chi connectivity index (χ1v) is 6.33. The van der Waals surface area contributed by atoms with E-state index in [-0.39, 0.29) is 6.10 Å². The molecule has 2 N–H and O–H groups in total. The molecule has 1 fully saturated rings. The standard InChI is InChI=1S/C13H17N5O/c1-18-7-9(6-15-18)10-5-11(14)17-13(16-10)12(19-2)8-3-4-8/h5-8,12H,3-4H2,1-2H3,(H2,14,16,17). The highest BCUT2D eigenvalue weighted by atomic mass is 16.5. The minimum absolute atomic E-state index is 0.0566. The Labute approximate surface area is 111 Å². The van der Waals surface area contributed by atoms with E-state index in [1.165, 1.54) is 12.8 Å². The van der Waals surface area contributed by atoms with Crippen LogP contribution in [-0.4, -0.2) is 26.9 Å². The Morgan fingerprint density at radius 3 is 2.79 bits per heavy atom. The van der Waals surface area contributed by atoms with Crippen LogP contribution in [0, 0.1) is 5.92 Å². The predicted octanol–water partition coefficient (Wildman–Crippen LogP) is 1.56. The van der Waals surface area contributed by atoms with Gasteiger partial charge < -0.3 is 10.5 Å². The molecule has 0 radical (unpaired) electrons. The largest absolute Gasteiger partial charge is 0.384 e. The van der Waals surface area contributed by atoms with Gasteiger partial charge in [0.05, 0.1) is 11.9 Å². The van der Waals surface area contributed by atoms with Gasteiger partial charge in [-0.05, 0) is 18.8 Å². The number of anilines is 1. The van der Waals surface area contributed by atoms with E-state index >= 15 is 0 Å². The SMILES string of the molecule is COC(c1nc(N)cc(-c2cnn(C)c2)n1)C1CC1. The maximum atomic E-state index is 5.88. The van der Waals surface area contributed by atoms with Crippen molar-refractivity contribution in [2.75, 3.05) is 12.8 Å². The summed E-state index contributed by atoms with van der Waals surface area (Å²) in [4.78, 5) is 8.89. The van der Waals surface area contributed by atoms with Crippen LogP contribution in [0.2, 0.25) is 0 Å². The summed E-state index contributed by atoms with van der Waals surface area (Å²) in [5.41, 5.74) is 7.61. The second-order valence-corrected chi connectivity index (χ2v) is 4.93. The molecule has 1 aliphatic rings. The van der Waals surface area contributed by atoms with Gasteiger partial charge in [0.1, 0.15) is 11.9 Å². The van der Waals surface area contributed by atoms with Crippen molar-refractivity contribution in [3.63, 3.8) is 0 Å². The lowest BCUT2D eigenvalue weighted by Gasteiger charge is -2.14. The number of hydrogen-bond donors (Lipinski definition) is 1. The summed E-state index contributed by atoms with van der Waals surface area (Å²) in [5.74, 6) is 1.66. The number of aromatic nitrogens is 4. The van der Waals surface area contributed by atoms with E-state index in [0.717, 1.165) is 11.3 Å². The zero-order valence-electron chi connectivity index (χ0n) is 11.1. The Balaban J connectivity index is 1.99. The lowest BCUT2D eigenvalue weighted by atomic mass is 10.2. The maximum absolute atomic E-state index is 5.88. The van der Waals surface area contributed by atoms with Gasteiger partial charge in [0, 0.05) is 32.0 Å². The normalized spacial score (nSPS) is 16.5. The van der Waals surface area contributed by atoms with E-state index in [2.05, 4.69) is 15.1 Å². The van der Waals surface area contributed by atoms with E-state index in [0.29, 0.717) is 17.6 Å². The second kappa shape index (κ2) is 4.62. The predicted molar refractivity (Wildman–Crippen MR) is 71.1 cm³/mol.